The Bertz CT molecular complexity index is 516. The van der Waals surface area contributed by atoms with Crippen molar-refractivity contribution in [1.82, 2.24) is 10.6 Å². The van der Waals surface area contributed by atoms with Gasteiger partial charge in [-0.3, -0.25) is 9.59 Å². The first-order chi connectivity index (χ1) is 10.8. The molecule has 0 aliphatic carbocycles. The second kappa shape index (κ2) is 9.02. The molecular formula is C15H19F3N2O3. The van der Waals surface area contributed by atoms with Crippen LogP contribution in [0.5, 0.6) is 5.75 Å². The molecule has 5 nitrogen and oxygen atoms in total. The molecule has 0 spiro atoms. The minimum absolute atomic E-state index is 0.112. The van der Waals surface area contributed by atoms with Gasteiger partial charge in [-0.2, -0.15) is 13.2 Å². The molecule has 0 unspecified atom stereocenters. The number of alkyl halides is 3. The monoisotopic (exact) mass is 332 g/mol. The molecule has 1 rings (SSSR count). The van der Waals surface area contributed by atoms with Gasteiger partial charge in [0.05, 0.1) is 0 Å². The summed E-state index contributed by atoms with van der Waals surface area (Å²) < 4.78 is 41.0. The lowest BCUT2D eigenvalue weighted by molar-refractivity contribution is -0.173. The van der Waals surface area contributed by atoms with Crippen LogP contribution in [0.25, 0.3) is 0 Å². The van der Waals surface area contributed by atoms with Crippen molar-refractivity contribution < 1.29 is 27.5 Å². The van der Waals surface area contributed by atoms with Crippen LogP contribution >= 0.6 is 0 Å². The minimum Gasteiger partial charge on any atom is -0.484 e. The van der Waals surface area contributed by atoms with Crippen molar-refractivity contribution in [3.63, 3.8) is 0 Å². The number of carbonyl (C=O) groups is 2. The van der Waals surface area contributed by atoms with Crippen molar-refractivity contribution in [3.05, 3.63) is 29.8 Å². The molecule has 0 aliphatic rings. The molecule has 2 N–H and O–H groups in total. The summed E-state index contributed by atoms with van der Waals surface area (Å²) in [6.45, 7) is 1.40. The molecule has 0 aliphatic heterocycles. The Labute approximate surface area is 132 Å². The van der Waals surface area contributed by atoms with E-state index in [0.717, 1.165) is 12.8 Å². The van der Waals surface area contributed by atoms with E-state index in [9.17, 15) is 22.8 Å². The van der Waals surface area contributed by atoms with Crippen molar-refractivity contribution in [1.29, 1.82) is 0 Å². The van der Waals surface area contributed by atoms with E-state index in [1.54, 1.807) is 17.4 Å². The van der Waals surface area contributed by atoms with Gasteiger partial charge in [-0.1, -0.05) is 25.5 Å². The molecule has 8 heteroatoms. The summed E-state index contributed by atoms with van der Waals surface area (Å²) in [5.41, 5.74) is 1.17. The van der Waals surface area contributed by atoms with E-state index < -0.39 is 18.0 Å². The topological polar surface area (TPSA) is 67.4 Å². The van der Waals surface area contributed by atoms with Crippen LogP contribution in [0.3, 0.4) is 0 Å². The van der Waals surface area contributed by atoms with E-state index in [1.807, 2.05) is 12.1 Å². The number of benzene rings is 1. The van der Waals surface area contributed by atoms with Crippen molar-refractivity contribution in [3.8, 4) is 5.75 Å². The fraction of sp³-hybridized carbons (Fsp3) is 0.467. The summed E-state index contributed by atoms with van der Waals surface area (Å²) >= 11 is 0. The number of rotatable bonds is 8. The zero-order chi connectivity index (χ0) is 17.3. The molecular weight excluding hydrogens is 313 g/mol. The summed E-state index contributed by atoms with van der Waals surface area (Å²) in [4.78, 5) is 22.0. The fourth-order valence-electron chi connectivity index (χ4n) is 1.72. The average molecular weight is 332 g/mol. The molecule has 0 radical (unpaired) electrons. The maximum absolute atomic E-state index is 11.9. The summed E-state index contributed by atoms with van der Waals surface area (Å²) in [6.07, 6.45) is -2.92. The number of halogens is 3. The summed E-state index contributed by atoms with van der Waals surface area (Å²) in [5.74, 6) is -1.98. The van der Waals surface area contributed by atoms with Gasteiger partial charge in [0.15, 0.2) is 6.61 Å². The molecule has 0 saturated carbocycles. The van der Waals surface area contributed by atoms with E-state index >= 15 is 0 Å². The number of nitrogens with one attached hydrogen (secondary N) is 2. The van der Waals surface area contributed by atoms with E-state index in [4.69, 9.17) is 4.74 Å². The van der Waals surface area contributed by atoms with Crippen molar-refractivity contribution in [2.45, 2.75) is 25.9 Å². The highest BCUT2D eigenvalue weighted by Crippen LogP contribution is 2.14. The zero-order valence-corrected chi connectivity index (χ0v) is 12.7. The van der Waals surface area contributed by atoms with Gasteiger partial charge < -0.3 is 15.4 Å². The molecule has 128 valence electrons. The third-order valence-corrected chi connectivity index (χ3v) is 2.82. The predicted octanol–water partition coefficient (Wildman–Crippen LogP) is 1.81. The molecule has 0 heterocycles. The molecule has 0 saturated heterocycles. The molecule has 0 bridgehead atoms. The molecule has 1 aromatic carbocycles. The van der Waals surface area contributed by atoms with Crippen molar-refractivity contribution >= 4 is 11.8 Å². The minimum atomic E-state index is -4.92. The first kappa shape index (κ1) is 18.8. The quantitative estimate of drug-likeness (QED) is 0.714. The maximum Gasteiger partial charge on any atom is 0.471 e. The average Bonchev–Trinajstić information content (AvgIpc) is 2.50. The number of amides is 2. The van der Waals surface area contributed by atoms with Crippen LogP contribution in [-0.2, 0) is 16.0 Å². The highest BCUT2D eigenvalue weighted by atomic mass is 19.4. The third kappa shape index (κ3) is 7.53. The molecule has 1 aromatic rings. The first-order valence-corrected chi connectivity index (χ1v) is 7.16. The Kier molecular flexibility index (Phi) is 7.37. The van der Waals surface area contributed by atoms with Gasteiger partial charge in [-0.05, 0) is 24.1 Å². The lowest BCUT2D eigenvalue weighted by Gasteiger charge is -2.10. The summed E-state index contributed by atoms with van der Waals surface area (Å²) in [7, 11) is 0. The Balaban J connectivity index is 2.20. The number of aryl methyl sites for hydroxylation is 1. The first-order valence-electron chi connectivity index (χ1n) is 7.16. The van der Waals surface area contributed by atoms with E-state index in [-0.39, 0.29) is 19.7 Å². The van der Waals surface area contributed by atoms with Gasteiger partial charge in [-0.15, -0.1) is 0 Å². The highest BCUT2D eigenvalue weighted by Gasteiger charge is 2.38. The largest absolute Gasteiger partial charge is 0.484 e. The fourth-order valence-corrected chi connectivity index (χ4v) is 1.72. The third-order valence-electron chi connectivity index (χ3n) is 2.82. The second-order valence-corrected chi connectivity index (χ2v) is 4.79. The second-order valence-electron chi connectivity index (χ2n) is 4.79. The van der Waals surface area contributed by atoms with Crippen LogP contribution in [0.1, 0.15) is 18.9 Å². The predicted molar refractivity (Wildman–Crippen MR) is 78.0 cm³/mol. The van der Waals surface area contributed by atoms with Gasteiger partial charge in [0.1, 0.15) is 5.75 Å². The van der Waals surface area contributed by atoms with Crippen LogP contribution in [-0.4, -0.2) is 37.7 Å². The Morgan fingerprint density at radius 3 is 2.26 bits per heavy atom. The molecule has 0 aromatic heterocycles. The van der Waals surface area contributed by atoms with Crippen molar-refractivity contribution in [2.75, 3.05) is 19.7 Å². The van der Waals surface area contributed by atoms with Gasteiger partial charge in [0.25, 0.3) is 5.91 Å². The van der Waals surface area contributed by atoms with Crippen molar-refractivity contribution in [2.24, 2.45) is 0 Å². The van der Waals surface area contributed by atoms with E-state index in [1.165, 1.54) is 5.56 Å². The highest BCUT2D eigenvalue weighted by molar-refractivity contribution is 5.81. The lowest BCUT2D eigenvalue weighted by atomic mass is 10.1. The van der Waals surface area contributed by atoms with Gasteiger partial charge in [0.2, 0.25) is 0 Å². The summed E-state index contributed by atoms with van der Waals surface area (Å²) in [5, 5.41) is 4.00. The van der Waals surface area contributed by atoms with Crippen LogP contribution in [0.4, 0.5) is 13.2 Å². The van der Waals surface area contributed by atoms with E-state index in [0.29, 0.717) is 5.75 Å². The van der Waals surface area contributed by atoms with Gasteiger partial charge in [-0.25, -0.2) is 0 Å². The number of hydrogen-bond donors (Lipinski definition) is 2. The standard InChI is InChI=1S/C15H19F3N2O3/c1-2-3-11-4-6-12(7-5-11)23-10-13(21)19-8-9-20-14(22)15(16,17)18/h4-7H,2-3,8-10H2,1H3,(H,19,21)(H,20,22). The smallest absolute Gasteiger partial charge is 0.471 e. The molecule has 0 fully saturated rings. The van der Waals surface area contributed by atoms with Crippen LogP contribution in [0.15, 0.2) is 24.3 Å². The number of carbonyl (C=O) groups excluding carboxylic acids is 2. The zero-order valence-electron chi connectivity index (χ0n) is 12.7. The Morgan fingerprint density at radius 2 is 1.70 bits per heavy atom. The number of ether oxygens (including phenoxy) is 1. The molecule has 2 amide bonds. The van der Waals surface area contributed by atoms with Gasteiger partial charge >= 0.3 is 12.1 Å². The SMILES string of the molecule is CCCc1ccc(OCC(=O)NCCNC(=O)C(F)(F)F)cc1. The molecule has 0 atom stereocenters. The summed E-state index contributed by atoms with van der Waals surface area (Å²) in [6, 6.07) is 7.32. The lowest BCUT2D eigenvalue weighted by Crippen LogP contribution is -2.41. The van der Waals surface area contributed by atoms with Gasteiger partial charge in [0, 0.05) is 13.1 Å². The van der Waals surface area contributed by atoms with Crippen LogP contribution in [0, 0.1) is 0 Å². The molecule has 23 heavy (non-hydrogen) atoms. The number of hydrogen-bond acceptors (Lipinski definition) is 3. The maximum atomic E-state index is 11.9. The Hall–Kier alpha value is -2.25. The van der Waals surface area contributed by atoms with Crippen LogP contribution < -0.4 is 15.4 Å². The van der Waals surface area contributed by atoms with E-state index in [2.05, 4.69) is 12.2 Å². The van der Waals surface area contributed by atoms with Crippen LogP contribution in [0.2, 0.25) is 0 Å². The Morgan fingerprint density at radius 1 is 1.09 bits per heavy atom. The normalized spacial score (nSPS) is 11.0.